The third-order valence-electron chi connectivity index (χ3n) is 4.94. The number of hydrogen-bond donors (Lipinski definition) is 0. The highest BCUT2D eigenvalue weighted by Crippen LogP contribution is 2.24. The zero-order valence-corrected chi connectivity index (χ0v) is 17.4. The van der Waals surface area contributed by atoms with Gasteiger partial charge in [0, 0.05) is 44.1 Å². The molecule has 2 aliphatic heterocycles. The zero-order chi connectivity index (χ0) is 19.1. The molecule has 146 valence electrons. The third kappa shape index (κ3) is 3.96. The van der Waals surface area contributed by atoms with E-state index in [0.29, 0.717) is 39.3 Å². The molecule has 26 heavy (non-hydrogen) atoms. The van der Waals surface area contributed by atoms with Crippen LogP contribution in [0.1, 0.15) is 34.0 Å². The largest absolute Gasteiger partial charge is 0.373 e. The van der Waals surface area contributed by atoms with Gasteiger partial charge in [0.15, 0.2) is 0 Å². The van der Waals surface area contributed by atoms with Gasteiger partial charge in [-0.25, -0.2) is 0 Å². The van der Waals surface area contributed by atoms with Crippen molar-refractivity contribution >= 4 is 27.5 Å². The molecule has 0 radical (unpaired) electrons. The van der Waals surface area contributed by atoms with E-state index in [4.69, 9.17) is 4.74 Å². The molecule has 0 unspecified atom stereocenters. The number of thiophene rings is 1. The van der Waals surface area contributed by atoms with Crippen LogP contribution in [-0.2, 0) is 14.9 Å². The second-order valence-electron chi connectivity index (χ2n) is 7.12. The first-order chi connectivity index (χ1) is 12.2. The summed E-state index contributed by atoms with van der Waals surface area (Å²) in [5, 5.41) is 0. The van der Waals surface area contributed by atoms with Crippen LogP contribution in [-0.4, -0.2) is 79.3 Å². The second kappa shape index (κ2) is 7.55. The lowest BCUT2D eigenvalue weighted by Crippen LogP contribution is -2.57. The summed E-state index contributed by atoms with van der Waals surface area (Å²) >= 11 is 1.50. The van der Waals surface area contributed by atoms with Crippen LogP contribution in [0.2, 0.25) is 0 Å². The average Bonchev–Trinajstić information content (AvgIpc) is 2.92. The van der Waals surface area contributed by atoms with E-state index in [9.17, 15) is 13.2 Å². The Bertz CT molecular complexity index is 739. The van der Waals surface area contributed by atoms with Crippen LogP contribution >= 0.6 is 11.3 Å². The molecule has 2 fully saturated rings. The van der Waals surface area contributed by atoms with E-state index < -0.39 is 10.2 Å². The van der Waals surface area contributed by atoms with Gasteiger partial charge >= 0.3 is 0 Å². The van der Waals surface area contributed by atoms with Gasteiger partial charge in [-0.2, -0.15) is 17.0 Å². The predicted octanol–water partition coefficient (Wildman–Crippen LogP) is 1.48. The molecule has 9 heteroatoms. The molecule has 0 aromatic carbocycles. The lowest BCUT2D eigenvalue weighted by atomic mass is 10.2. The van der Waals surface area contributed by atoms with E-state index in [2.05, 4.69) is 0 Å². The Balaban J connectivity index is 1.63. The first-order valence-electron chi connectivity index (χ1n) is 8.95. The fourth-order valence-corrected chi connectivity index (χ4v) is 6.19. The molecule has 0 aliphatic carbocycles. The number of amides is 1. The van der Waals surface area contributed by atoms with E-state index in [-0.39, 0.29) is 18.1 Å². The lowest BCUT2D eigenvalue weighted by molar-refractivity contribution is -0.0457. The Morgan fingerprint density at radius 3 is 2.15 bits per heavy atom. The molecule has 3 rings (SSSR count). The summed E-state index contributed by atoms with van der Waals surface area (Å²) in [6, 6.07) is 1.92. The van der Waals surface area contributed by atoms with E-state index in [0.717, 1.165) is 15.3 Å². The minimum absolute atomic E-state index is 0.00290. The van der Waals surface area contributed by atoms with Gasteiger partial charge in [-0.3, -0.25) is 4.79 Å². The van der Waals surface area contributed by atoms with Gasteiger partial charge in [0.1, 0.15) is 0 Å². The van der Waals surface area contributed by atoms with Gasteiger partial charge in [-0.05, 0) is 39.3 Å². The number of nitrogens with zero attached hydrogens (tertiary/aromatic N) is 3. The number of ether oxygens (including phenoxy) is 1. The maximum absolute atomic E-state index is 12.9. The Morgan fingerprint density at radius 1 is 1.08 bits per heavy atom. The normalized spacial score (nSPS) is 26.2. The molecule has 0 N–H and O–H groups in total. The molecule has 0 saturated carbocycles. The number of carbonyl (C=O) groups excluding carboxylic acids is 1. The predicted molar refractivity (Wildman–Crippen MR) is 102 cm³/mol. The molecular weight excluding hydrogens is 374 g/mol. The molecule has 2 atom stereocenters. The topological polar surface area (TPSA) is 70.2 Å². The van der Waals surface area contributed by atoms with E-state index in [1.54, 1.807) is 4.90 Å². The minimum atomic E-state index is -3.52. The monoisotopic (exact) mass is 401 g/mol. The molecule has 3 heterocycles. The van der Waals surface area contributed by atoms with E-state index in [1.165, 1.54) is 19.9 Å². The quantitative estimate of drug-likeness (QED) is 0.769. The van der Waals surface area contributed by atoms with Crippen molar-refractivity contribution < 1.29 is 17.9 Å². The summed E-state index contributed by atoms with van der Waals surface area (Å²) in [7, 11) is -3.52. The van der Waals surface area contributed by atoms with Crippen molar-refractivity contribution in [1.29, 1.82) is 0 Å². The Labute approximate surface area is 159 Å². The third-order valence-corrected chi connectivity index (χ3v) is 8.05. The van der Waals surface area contributed by atoms with Gasteiger partial charge in [0.2, 0.25) is 0 Å². The van der Waals surface area contributed by atoms with Crippen LogP contribution in [0.3, 0.4) is 0 Å². The van der Waals surface area contributed by atoms with Crippen LogP contribution in [0, 0.1) is 13.8 Å². The van der Waals surface area contributed by atoms with Crippen LogP contribution in [0.5, 0.6) is 0 Å². The van der Waals surface area contributed by atoms with Crippen molar-refractivity contribution in [2.45, 2.75) is 39.9 Å². The standard InChI is InChI=1S/C17H27N3O4S2/c1-12-9-16(25-15(12)4)17(21)18-5-7-19(8-6-18)26(22,23)20-10-13(2)24-14(3)11-20/h9,13-14H,5-8,10-11H2,1-4H3/t13-,14+. The second-order valence-corrected chi connectivity index (χ2v) is 10.3. The first-order valence-corrected chi connectivity index (χ1v) is 11.2. The highest BCUT2D eigenvalue weighted by atomic mass is 32.2. The molecule has 1 amide bonds. The fourth-order valence-electron chi connectivity index (χ4n) is 3.44. The van der Waals surface area contributed by atoms with Crippen molar-refractivity contribution in [1.82, 2.24) is 13.5 Å². The number of hydrogen-bond acceptors (Lipinski definition) is 5. The highest BCUT2D eigenvalue weighted by Gasteiger charge is 2.37. The van der Waals surface area contributed by atoms with Gasteiger partial charge in [0.25, 0.3) is 16.1 Å². The molecule has 7 nitrogen and oxygen atoms in total. The number of aryl methyl sites for hydroxylation is 2. The van der Waals surface area contributed by atoms with Crippen LogP contribution in [0.25, 0.3) is 0 Å². The number of morpholine rings is 1. The van der Waals surface area contributed by atoms with Crippen LogP contribution in [0.15, 0.2) is 6.07 Å². The van der Waals surface area contributed by atoms with Crippen molar-refractivity contribution in [2.75, 3.05) is 39.3 Å². The molecule has 0 spiro atoms. The fraction of sp³-hybridized carbons (Fsp3) is 0.706. The van der Waals surface area contributed by atoms with Gasteiger partial charge in [-0.15, -0.1) is 11.3 Å². The summed E-state index contributed by atoms with van der Waals surface area (Å²) in [6.07, 6.45) is -0.219. The Morgan fingerprint density at radius 2 is 1.65 bits per heavy atom. The summed E-state index contributed by atoms with van der Waals surface area (Å²) in [4.78, 5) is 16.3. The van der Waals surface area contributed by atoms with Gasteiger partial charge in [0.05, 0.1) is 17.1 Å². The number of rotatable bonds is 3. The maximum atomic E-state index is 12.9. The number of carbonyl (C=O) groups is 1. The van der Waals surface area contributed by atoms with Crippen LogP contribution < -0.4 is 0 Å². The average molecular weight is 402 g/mol. The van der Waals surface area contributed by atoms with Gasteiger partial charge in [-0.1, -0.05) is 0 Å². The molecule has 2 saturated heterocycles. The van der Waals surface area contributed by atoms with Crippen molar-refractivity contribution in [3.63, 3.8) is 0 Å². The number of piperazine rings is 1. The summed E-state index contributed by atoms with van der Waals surface area (Å²) in [5.41, 5.74) is 1.12. The molecule has 1 aromatic heterocycles. The molecule has 0 bridgehead atoms. The van der Waals surface area contributed by atoms with E-state index in [1.807, 2.05) is 33.8 Å². The maximum Gasteiger partial charge on any atom is 0.282 e. The Hall–Kier alpha value is -1.00. The minimum Gasteiger partial charge on any atom is -0.373 e. The van der Waals surface area contributed by atoms with E-state index >= 15 is 0 Å². The molecule has 1 aromatic rings. The highest BCUT2D eigenvalue weighted by molar-refractivity contribution is 7.86. The SMILES string of the molecule is Cc1cc(C(=O)N2CCN(S(=O)(=O)N3C[C@@H](C)O[C@@H](C)C3)CC2)sc1C. The zero-order valence-electron chi connectivity index (χ0n) is 15.8. The van der Waals surface area contributed by atoms with Crippen molar-refractivity contribution in [3.8, 4) is 0 Å². The summed E-state index contributed by atoms with van der Waals surface area (Å²) in [6.45, 7) is 10.0. The summed E-state index contributed by atoms with van der Waals surface area (Å²) < 4.78 is 34.5. The van der Waals surface area contributed by atoms with Crippen molar-refractivity contribution in [2.24, 2.45) is 0 Å². The van der Waals surface area contributed by atoms with Crippen LogP contribution in [0.4, 0.5) is 0 Å². The summed E-state index contributed by atoms with van der Waals surface area (Å²) in [5.74, 6) is -0.00290. The molecule has 2 aliphatic rings. The van der Waals surface area contributed by atoms with Crippen molar-refractivity contribution in [3.05, 3.63) is 21.4 Å². The molecular formula is C17H27N3O4S2. The lowest BCUT2D eigenvalue weighted by Gasteiger charge is -2.40. The Kier molecular flexibility index (Phi) is 5.74. The first kappa shape index (κ1) is 19.8. The van der Waals surface area contributed by atoms with Gasteiger partial charge < -0.3 is 9.64 Å². The smallest absolute Gasteiger partial charge is 0.282 e.